The van der Waals surface area contributed by atoms with Crippen LogP contribution in [0.3, 0.4) is 0 Å². The molecule has 0 saturated carbocycles. The molecular weight excluding hydrogens is 292 g/mol. The van der Waals surface area contributed by atoms with E-state index in [-0.39, 0.29) is 0 Å². The summed E-state index contributed by atoms with van der Waals surface area (Å²) in [6, 6.07) is 1.23. The summed E-state index contributed by atoms with van der Waals surface area (Å²) in [5, 5.41) is 1.34. The minimum atomic E-state index is 0.584. The number of aryl methyl sites for hydroxylation is 2. The van der Waals surface area contributed by atoms with Crippen molar-refractivity contribution in [2.45, 2.75) is 51.1 Å². The molecule has 4 rings (SSSR count). The Balaban J connectivity index is 1.71. The number of hydrogen-bond donors (Lipinski definition) is 0. The van der Waals surface area contributed by atoms with Gasteiger partial charge in [0.05, 0.1) is 5.39 Å². The van der Waals surface area contributed by atoms with Crippen LogP contribution in [0, 0.1) is 0 Å². The first-order valence-electron chi connectivity index (χ1n) is 8.33. The van der Waals surface area contributed by atoms with Crippen molar-refractivity contribution in [2.24, 2.45) is 0 Å². The first-order valence-corrected chi connectivity index (χ1v) is 9.15. The molecule has 0 aromatic carbocycles. The Morgan fingerprint density at radius 2 is 2.18 bits per heavy atom. The predicted molar refractivity (Wildman–Crippen MR) is 93.0 cm³/mol. The third-order valence-electron chi connectivity index (χ3n) is 5.54. The maximum atomic E-state index is 4.68. The van der Waals surface area contributed by atoms with Crippen LogP contribution in [-0.4, -0.2) is 47.6 Å². The number of piperidine rings is 1. The average Bonchev–Trinajstić information content (AvgIpc) is 3.09. The normalized spacial score (nSPS) is 25.6. The van der Waals surface area contributed by atoms with E-state index in [4.69, 9.17) is 0 Å². The highest BCUT2D eigenvalue weighted by atomic mass is 32.1. The number of likely N-dealkylation sites (tertiary alicyclic amines) is 1. The summed E-state index contributed by atoms with van der Waals surface area (Å²) in [6.07, 6.45) is 7.90. The van der Waals surface area contributed by atoms with E-state index in [0.29, 0.717) is 12.1 Å². The number of hydrogen-bond acceptors (Lipinski definition) is 5. The molecule has 2 atom stereocenters. The van der Waals surface area contributed by atoms with Gasteiger partial charge in [-0.2, -0.15) is 0 Å². The number of thiophene rings is 1. The van der Waals surface area contributed by atoms with Gasteiger partial charge in [0.1, 0.15) is 17.0 Å². The van der Waals surface area contributed by atoms with Gasteiger partial charge in [0.25, 0.3) is 0 Å². The molecule has 1 aliphatic heterocycles. The summed E-state index contributed by atoms with van der Waals surface area (Å²) < 4.78 is 0. The fourth-order valence-corrected chi connectivity index (χ4v) is 5.19. The third kappa shape index (κ3) is 2.22. The fourth-order valence-electron chi connectivity index (χ4n) is 3.97. The van der Waals surface area contributed by atoms with Crippen LogP contribution in [0.2, 0.25) is 0 Å². The van der Waals surface area contributed by atoms with Gasteiger partial charge in [-0.25, -0.2) is 9.97 Å². The van der Waals surface area contributed by atoms with E-state index in [1.807, 2.05) is 11.3 Å². The van der Waals surface area contributed by atoms with Gasteiger partial charge >= 0.3 is 0 Å². The van der Waals surface area contributed by atoms with Crippen molar-refractivity contribution in [3.05, 3.63) is 16.8 Å². The summed E-state index contributed by atoms with van der Waals surface area (Å²) in [6.45, 7) is 3.50. The molecule has 2 aliphatic rings. The minimum absolute atomic E-state index is 0.584. The number of aromatic nitrogens is 2. The SMILES string of the molecule is CC1CC(N(C)c2ncnc3sc4c(c23)CCC4)CCN1C. The van der Waals surface area contributed by atoms with E-state index in [9.17, 15) is 0 Å². The quantitative estimate of drug-likeness (QED) is 0.852. The van der Waals surface area contributed by atoms with Crippen LogP contribution in [0.15, 0.2) is 6.33 Å². The zero-order valence-corrected chi connectivity index (χ0v) is 14.5. The molecule has 118 valence electrons. The molecule has 5 heteroatoms. The summed E-state index contributed by atoms with van der Waals surface area (Å²) >= 11 is 1.88. The number of anilines is 1. The van der Waals surface area contributed by atoms with Crippen LogP contribution in [0.5, 0.6) is 0 Å². The van der Waals surface area contributed by atoms with Crippen LogP contribution < -0.4 is 4.90 Å². The second-order valence-corrected chi connectivity index (χ2v) is 7.94. The van der Waals surface area contributed by atoms with Crippen LogP contribution in [0.25, 0.3) is 10.2 Å². The predicted octanol–water partition coefficient (Wildman–Crippen LogP) is 3.10. The van der Waals surface area contributed by atoms with Crippen molar-refractivity contribution in [3.8, 4) is 0 Å². The zero-order chi connectivity index (χ0) is 15.3. The smallest absolute Gasteiger partial charge is 0.141 e. The summed E-state index contributed by atoms with van der Waals surface area (Å²) in [5.41, 5.74) is 1.53. The molecule has 3 heterocycles. The van der Waals surface area contributed by atoms with Crippen molar-refractivity contribution in [2.75, 3.05) is 25.5 Å². The largest absolute Gasteiger partial charge is 0.356 e. The molecule has 0 N–H and O–H groups in total. The van der Waals surface area contributed by atoms with E-state index >= 15 is 0 Å². The lowest BCUT2D eigenvalue weighted by molar-refractivity contribution is 0.181. The fraction of sp³-hybridized carbons (Fsp3) is 0.647. The van der Waals surface area contributed by atoms with E-state index in [1.54, 1.807) is 11.2 Å². The van der Waals surface area contributed by atoms with Crippen LogP contribution in [0.1, 0.15) is 36.6 Å². The molecule has 1 saturated heterocycles. The van der Waals surface area contributed by atoms with Crippen LogP contribution >= 0.6 is 11.3 Å². The Hall–Kier alpha value is -1.20. The molecular formula is C17H24N4S. The monoisotopic (exact) mass is 316 g/mol. The number of rotatable bonds is 2. The molecule has 2 unspecified atom stereocenters. The molecule has 4 nitrogen and oxygen atoms in total. The van der Waals surface area contributed by atoms with E-state index in [1.165, 1.54) is 54.4 Å². The Morgan fingerprint density at radius 3 is 3.00 bits per heavy atom. The van der Waals surface area contributed by atoms with Gasteiger partial charge in [-0.05, 0) is 51.6 Å². The number of fused-ring (bicyclic) bond motifs is 3. The van der Waals surface area contributed by atoms with Gasteiger partial charge in [-0.15, -0.1) is 11.3 Å². The van der Waals surface area contributed by atoms with E-state index in [2.05, 4.69) is 40.8 Å². The third-order valence-corrected chi connectivity index (χ3v) is 6.74. The number of nitrogens with zero attached hydrogens (tertiary/aromatic N) is 4. The Labute approximate surface area is 136 Å². The Bertz CT molecular complexity index is 695. The second-order valence-electron chi connectivity index (χ2n) is 6.85. The van der Waals surface area contributed by atoms with Gasteiger partial charge in [-0.3, -0.25) is 0 Å². The highest BCUT2D eigenvalue weighted by Gasteiger charge is 2.29. The van der Waals surface area contributed by atoms with Gasteiger partial charge in [-0.1, -0.05) is 0 Å². The molecule has 0 radical (unpaired) electrons. The van der Waals surface area contributed by atoms with Crippen molar-refractivity contribution < 1.29 is 0 Å². The summed E-state index contributed by atoms with van der Waals surface area (Å²) in [4.78, 5) is 16.8. The maximum Gasteiger partial charge on any atom is 0.141 e. The van der Waals surface area contributed by atoms with Crippen molar-refractivity contribution in [1.29, 1.82) is 0 Å². The van der Waals surface area contributed by atoms with Crippen molar-refractivity contribution in [1.82, 2.24) is 14.9 Å². The lowest BCUT2D eigenvalue weighted by Gasteiger charge is -2.40. The summed E-state index contributed by atoms with van der Waals surface area (Å²) in [5.74, 6) is 1.16. The standard InChI is InChI=1S/C17H24N4S/c1-11-9-12(7-8-20(11)2)21(3)16-15-13-5-4-6-14(13)22-17(15)19-10-18-16/h10-12H,4-9H2,1-3H3. The summed E-state index contributed by atoms with van der Waals surface area (Å²) in [7, 11) is 4.46. The van der Waals surface area contributed by atoms with Crippen LogP contribution in [-0.2, 0) is 12.8 Å². The molecule has 2 aromatic heterocycles. The second kappa shape index (κ2) is 5.46. The van der Waals surface area contributed by atoms with Gasteiger partial charge < -0.3 is 9.80 Å². The lowest BCUT2D eigenvalue weighted by atomic mass is 9.97. The first-order chi connectivity index (χ1) is 10.6. The minimum Gasteiger partial charge on any atom is -0.356 e. The maximum absolute atomic E-state index is 4.68. The highest BCUT2D eigenvalue weighted by molar-refractivity contribution is 7.19. The molecule has 0 amide bonds. The molecule has 1 aliphatic carbocycles. The van der Waals surface area contributed by atoms with Crippen molar-refractivity contribution >= 4 is 27.4 Å². The lowest BCUT2D eigenvalue weighted by Crippen LogP contribution is -2.46. The molecule has 0 bridgehead atoms. The molecule has 0 spiro atoms. The van der Waals surface area contributed by atoms with Crippen molar-refractivity contribution in [3.63, 3.8) is 0 Å². The van der Waals surface area contributed by atoms with Gasteiger partial charge in [0.2, 0.25) is 0 Å². The zero-order valence-electron chi connectivity index (χ0n) is 13.7. The van der Waals surface area contributed by atoms with Gasteiger partial charge in [0.15, 0.2) is 0 Å². The van der Waals surface area contributed by atoms with Crippen LogP contribution in [0.4, 0.5) is 5.82 Å². The molecule has 1 fully saturated rings. The molecule has 2 aromatic rings. The van der Waals surface area contributed by atoms with E-state index in [0.717, 1.165) is 5.82 Å². The molecule has 22 heavy (non-hydrogen) atoms. The Kier molecular flexibility index (Phi) is 3.57. The first kappa shape index (κ1) is 14.4. The highest BCUT2D eigenvalue weighted by Crippen LogP contribution is 2.40. The van der Waals surface area contributed by atoms with E-state index < -0.39 is 0 Å². The topological polar surface area (TPSA) is 32.3 Å². The Morgan fingerprint density at radius 1 is 1.32 bits per heavy atom. The van der Waals surface area contributed by atoms with Gasteiger partial charge in [0, 0.05) is 30.6 Å². The average molecular weight is 316 g/mol.